The van der Waals surface area contributed by atoms with Crippen LogP contribution in [0.25, 0.3) is 0 Å². The molecule has 1 aromatic carbocycles. The maximum absolute atomic E-state index is 5.19. The number of aryl methyl sites for hydroxylation is 1. The smallest absolute Gasteiger partial charge is 0.119 e. The topological polar surface area (TPSA) is 21.3 Å². The maximum atomic E-state index is 5.19. The lowest BCUT2D eigenvalue weighted by atomic mass is 10.1. The van der Waals surface area contributed by atoms with Gasteiger partial charge in [0.25, 0.3) is 0 Å². The summed E-state index contributed by atoms with van der Waals surface area (Å²) in [6.45, 7) is 7.53. The minimum Gasteiger partial charge on any atom is -0.497 e. The van der Waals surface area contributed by atoms with Crippen LogP contribution >= 0.6 is 0 Å². The Hall–Kier alpha value is -1.02. The summed E-state index contributed by atoms with van der Waals surface area (Å²) >= 11 is 0. The molecule has 1 aromatic rings. The van der Waals surface area contributed by atoms with E-state index >= 15 is 0 Å². The normalized spacial score (nSPS) is 12.5. The van der Waals surface area contributed by atoms with Crippen LogP contribution in [-0.4, -0.2) is 13.2 Å². The van der Waals surface area contributed by atoms with Gasteiger partial charge in [0.05, 0.1) is 7.11 Å². The van der Waals surface area contributed by atoms with Crippen molar-refractivity contribution in [2.75, 3.05) is 7.11 Å². The van der Waals surface area contributed by atoms with E-state index in [1.807, 2.05) is 6.07 Å². The second kappa shape index (κ2) is 6.54. The number of hydrogen-bond donors (Lipinski definition) is 1. The molecular formula is C14H23NO. The Morgan fingerprint density at radius 1 is 1.38 bits per heavy atom. The van der Waals surface area contributed by atoms with Gasteiger partial charge in [-0.15, -0.1) is 0 Å². The van der Waals surface area contributed by atoms with E-state index in [1.54, 1.807) is 7.11 Å². The molecule has 1 unspecified atom stereocenters. The molecule has 1 N–H and O–H groups in total. The fraction of sp³-hybridized carbons (Fsp3) is 0.571. The average molecular weight is 221 g/mol. The molecule has 0 radical (unpaired) electrons. The van der Waals surface area contributed by atoms with Gasteiger partial charge in [-0.3, -0.25) is 0 Å². The largest absolute Gasteiger partial charge is 0.497 e. The number of ether oxygens (including phenoxy) is 1. The lowest BCUT2D eigenvalue weighted by Crippen LogP contribution is -2.25. The summed E-state index contributed by atoms with van der Waals surface area (Å²) in [7, 11) is 1.70. The Balaban J connectivity index is 2.54. The van der Waals surface area contributed by atoms with Crippen LogP contribution in [-0.2, 0) is 6.54 Å². The predicted molar refractivity (Wildman–Crippen MR) is 68.9 cm³/mol. The molecular weight excluding hydrogens is 198 g/mol. The highest BCUT2D eigenvalue weighted by Gasteiger charge is 2.03. The van der Waals surface area contributed by atoms with Crippen molar-refractivity contribution < 1.29 is 4.74 Å². The fourth-order valence-corrected chi connectivity index (χ4v) is 1.81. The first-order valence-corrected chi connectivity index (χ1v) is 6.04. The summed E-state index contributed by atoms with van der Waals surface area (Å²) in [6.07, 6.45) is 2.46. The first-order valence-electron chi connectivity index (χ1n) is 6.04. The molecule has 0 aromatic heterocycles. The van der Waals surface area contributed by atoms with Gasteiger partial charge in [0.2, 0.25) is 0 Å². The third kappa shape index (κ3) is 3.86. The third-order valence-corrected chi connectivity index (χ3v) is 2.91. The van der Waals surface area contributed by atoms with Gasteiger partial charge in [0.15, 0.2) is 0 Å². The molecule has 0 bridgehead atoms. The number of benzene rings is 1. The first kappa shape index (κ1) is 13.0. The van der Waals surface area contributed by atoms with Gasteiger partial charge in [-0.05, 0) is 43.5 Å². The highest BCUT2D eigenvalue weighted by atomic mass is 16.5. The van der Waals surface area contributed by atoms with E-state index in [0.29, 0.717) is 6.04 Å². The molecule has 1 rings (SSSR count). The van der Waals surface area contributed by atoms with E-state index in [9.17, 15) is 0 Å². The minimum absolute atomic E-state index is 0.589. The molecule has 0 aliphatic rings. The van der Waals surface area contributed by atoms with Crippen LogP contribution in [0.1, 0.15) is 37.8 Å². The maximum Gasteiger partial charge on any atom is 0.119 e. The summed E-state index contributed by atoms with van der Waals surface area (Å²) in [5.74, 6) is 0.933. The Morgan fingerprint density at radius 2 is 2.12 bits per heavy atom. The highest BCUT2D eigenvalue weighted by Crippen LogP contribution is 2.16. The Labute approximate surface area is 99.0 Å². The van der Waals surface area contributed by atoms with Crippen molar-refractivity contribution in [3.63, 3.8) is 0 Å². The zero-order valence-electron chi connectivity index (χ0n) is 10.8. The minimum atomic E-state index is 0.589. The van der Waals surface area contributed by atoms with Crippen molar-refractivity contribution >= 4 is 0 Å². The van der Waals surface area contributed by atoms with Gasteiger partial charge in [0, 0.05) is 12.6 Å². The predicted octanol–water partition coefficient (Wildman–Crippen LogP) is 3.28. The van der Waals surface area contributed by atoms with Crippen LogP contribution in [0.4, 0.5) is 0 Å². The van der Waals surface area contributed by atoms with Crippen LogP contribution in [0, 0.1) is 6.92 Å². The van der Waals surface area contributed by atoms with E-state index in [-0.39, 0.29) is 0 Å². The zero-order valence-corrected chi connectivity index (χ0v) is 10.8. The first-order chi connectivity index (χ1) is 7.67. The molecule has 0 aliphatic carbocycles. The molecule has 0 saturated heterocycles. The van der Waals surface area contributed by atoms with E-state index in [0.717, 1.165) is 12.3 Å². The van der Waals surface area contributed by atoms with Crippen molar-refractivity contribution in [3.05, 3.63) is 29.3 Å². The standard InChI is InChI=1S/C14H23NO/c1-5-6-12(3)15-10-13-7-8-14(16-4)9-11(13)2/h7-9,12,15H,5-6,10H2,1-4H3. The lowest BCUT2D eigenvalue weighted by molar-refractivity contribution is 0.414. The van der Waals surface area contributed by atoms with Crippen molar-refractivity contribution in [1.82, 2.24) is 5.32 Å². The van der Waals surface area contributed by atoms with Gasteiger partial charge in [-0.1, -0.05) is 19.4 Å². The molecule has 2 heteroatoms. The Kier molecular flexibility index (Phi) is 5.33. The molecule has 0 heterocycles. The van der Waals surface area contributed by atoms with Gasteiger partial charge in [0.1, 0.15) is 5.75 Å². The van der Waals surface area contributed by atoms with Gasteiger partial charge in [-0.2, -0.15) is 0 Å². The van der Waals surface area contributed by atoms with Crippen LogP contribution < -0.4 is 10.1 Å². The van der Waals surface area contributed by atoms with Gasteiger partial charge < -0.3 is 10.1 Å². The van der Waals surface area contributed by atoms with Crippen LogP contribution in [0.5, 0.6) is 5.75 Å². The van der Waals surface area contributed by atoms with E-state index in [4.69, 9.17) is 4.74 Å². The SMILES string of the molecule is CCCC(C)NCc1ccc(OC)cc1C. The van der Waals surface area contributed by atoms with Crippen molar-refractivity contribution in [3.8, 4) is 5.75 Å². The van der Waals surface area contributed by atoms with E-state index in [2.05, 4.69) is 38.2 Å². The average Bonchev–Trinajstić information content (AvgIpc) is 2.27. The second-order valence-electron chi connectivity index (χ2n) is 4.36. The zero-order chi connectivity index (χ0) is 12.0. The van der Waals surface area contributed by atoms with Crippen LogP contribution in [0.2, 0.25) is 0 Å². The molecule has 0 amide bonds. The van der Waals surface area contributed by atoms with Crippen LogP contribution in [0.15, 0.2) is 18.2 Å². The molecule has 0 spiro atoms. The number of hydrogen-bond acceptors (Lipinski definition) is 2. The number of methoxy groups -OCH3 is 1. The van der Waals surface area contributed by atoms with Crippen LogP contribution in [0.3, 0.4) is 0 Å². The summed E-state index contributed by atoms with van der Waals surface area (Å²) in [5, 5.41) is 3.54. The summed E-state index contributed by atoms with van der Waals surface area (Å²) in [6, 6.07) is 6.84. The Morgan fingerprint density at radius 3 is 2.69 bits per heavy atom. The summed E-state index contributed by atoms with van der Waals surface area (Å²) in [5.41, 5.74) is 2.64. The van der Waals surface area contributed by atoms with E-state index in [1.165, 1.54) is 24.0 Å². The molecule has 0 fully saturated rings. The fourth-order valence-electron chi connectivity index (χ4n) is 1.81. The molecule has 0 saturated carbocycles. The molecule has 1 atom stereocenters. The molecule has 90 valence electrons. The summed E-state index contributed by atoms with van der Waals surface area (Å²) in [4.78, 5) is 0. The Bertz CT molecular complexity index is 323. The lowest BCUT2D eigenvalue weighted by Gasteiger charge is -2.14. The van der Waals surface area contributed by atoms with Gasteiger partial charge in [-0.25, -0.2) is 0 Å². The molecule has 0 aliphatic heterocycles. The quantitative estimate of drug-likeness (QED) is 0.796. The number of nitrogens with one attached hydrogen (secondary N) is 1. The summed E-state index contributed by atoms with van der Waals surface area (Å²) < 4.78 is 5.19. The van der Waals surface area contributed by atoms with Crippen molar-refractivity contribution in [1.29, 1.82) is 0 Å². The third-order valence-electron chi connectivity index (χ3n) is 2.91. The van der Waals surface area contributed by atoms with Gasteiger partial charge >= 0.3 is 0 Å². The van der Waals surface area contributed by atoms with Crippen molar-refractivity contribution in [2.24, 2.45) is 0 Å². The molecule has 2 nitrogen and oxygen atoms in total. The molecule has 16 heavy (non-hydrogen) atoms. The van der Waals surface area contributed by atoms with Crippen molar-refractivity contribution in [2.45, 2.75) is 46.2 Å². The highest BCUT2D eigenvalue weighted by molar-refractivity contribution is 5.34. The monoisotopic (exact) mass is 221 g/mol. The second-order valence-corrected chi connectivity index (χ2v) is 4.36. The van der Waals surface area contributed by atoms with E-state index < -0.39 is 0 Å². The number of rotatable bonds is 6.